The zero-order chi connectivity index (χ0) is 25.2. The molecule has 0 N–H and O–H groups in total. The molecule has 6 rings (SSSR count). The molecule has 37 heavy (non-hydrogen) atoms. The Balaban J connectivity index is 1.40. The second kappa shape index (κ2) is 11.2. The molecule has 2 aliphatic carbocycles. The normalized spacial score (nSPS) is 24.4. The zero-order valence-electron chi connectivity index (χ0n) is 22.0. The van der Waals surface area contributed by atoms with E-state index in [-0.39, 0.29) is 0 Å². The van der Waals surface area contributed by atoms with Crippen LogP contribution >= 0.6 is 15.8 Å². The summed E-state index contributed by atoms with van der Waals surface area (Å²) in [5.74, 6) is 3.34. The maximum Gasteiger partial charge on any atom is -0.0123 e. The predicted molar refractivity (Wildman–Crippen MR) is 165 cm³/mol. The second-order valence-electron chi connectivity index (χ2n) is 11.1. The quantitative estimate of drug-likeness (QED) is 0.209. The van der Waals surface area contributed by atoms with Crippen LogP contribution in [0.2, 0.25) is 0 Å². The molecule has 2 heteroatoms. The van der Waals surface area contributed by atoms with Gasteiger partial charge in [-0.1, -0.05) is 135 Å². The van der Waals surface area contributed by atoms with Crippen molar-refractivity contribution in [3.05, 3.63) is 121 Å². The lowest BCUT2D eigenvalue weighted by Gasteiger charge is -2.44. The summed E-state index contributed by atoms with van der Waals surface area (Å²) in [6.45, 7) is 5.23. The molecule has 0 aromatic heterocycles. The number of rotatable bonds is 8. The first kappa shape index (κ1) is 25.0. The van der Waals surface area contributed by atoms with Crippen molar-refractivity contribution in [1.29, 1.82) is 0 Å². The average molecular weight is 521 g/mol. The van der Waals surface area contributed by atoms with Crippen LogP contribution in [0.1, 0.15) is 33.1 Å². The predicted octanol–water partition coefficient (Wildman–Crippen LogP) is 7.69. The highest BCUT2D eigenvalue weighted by Crippen LogP contribution is 2.63. The summed E-state index contributed by atoms with van der Waals surface area (Å²) < 4.78 is 0. The van der Waals surface area contributed by atoms with E-state index in [0.29, 0.717) is 11.3 Å². The fourth-order valence-electron chi connectivity index (χ4n) is 7.75. The van der Waals surface area contributed by atoms with Gasteiger partial charge in [-0.15, -0.1) is 0 Å². The summed E-state index contributed by atoms with van der Waals surface area (Å²) in [6, 6.07) is 45.7. The number of fused-ring (bicyclic) bond motifs is 2. The molecular weight excluding hydrogens is 482 g/mol. The minimum Gasteiger partial charge on any atom is -0.0622 e. The molecule has 0 saturated heterocycles. The highest BCUT2D eigenvalue weighted by atomic mass is 31.1. The Hall–Kier alpha value is -2.26. The van der Waals surface area contributed by atoms with Gasteiger partial charge in [0.1, 0.15) is 0 Å². The Kier molecular flexibility index (Phi) is 7.60. The molecule has 0 radical (unpaired) electrons. The van der Waals surface area contributed by atoms with Gasteiger partial charge in [-0.3, -0.25) is 0 Å². The summed E-state index contributed by atoms with van der Waals surface area (Å²) in [5, 5.41) is 6.16. The van der Waals surface area contributed by atoms with E-state index in [4.69, 9.17) is 0 Å². The lowest BCUT2D eigenvalue weighted by atomic mass is 9.76. The third kappa shape index (κ3) is 4.97. The SMILES string of the molecule is CC(C1C2CCC(C2)C1C(C)P(c1ccccc1)c1ccccc1)P(c1ccccc1)c1ccccc1. The van der Waals surface area contributed by atoms with Gasteiger partial charge >= 0.3 is 0 Å². The second-order valence-corrected chi connectivity index (χ2v) is 16.2. The van der Waals surface area contributed by atoms with Crippen LogP contribution in [-0.4, -0.2) is 11.3 Å². The molecule has 0 heterocycles. The van der Waals surface area contributed by atoms with Crippen molar-refractivity contribution in [2.24, 2.45) is 23.7 Å². The minimum absolute atomic E-state index is 0.407. The van der Waals surface area contributed by atoms with E-state index in [9.17, 15) is 0 Å². The summed E-state index contributed by atoms with van der Waals surface area (Å²) in [6.07, 6.45) is 4.32. The molecule has 188 valence electrons. The third-order valence-electron chi connectivity index (χ3n) is 9.11. The Labute approximate surface area is 226 Å². The molecule has 2 bridgehead atoms. The van der Waals surface area contributed by atoms with E-state index in [1.165, 1.54) is 19.3 Å². The first-order chi connectivity index (χ1) is 18.2. The smallest absolute Gasteiger partial charge is 0.0123 e. The van der Waals surface area contributed by atoms with Gasteiger partial charge in [-0.25, -0.2) is 0 Å². The third-order valence-corrected chi connectivity index (χ3v) is 14.8. The molecule has 0 spiro atoms. The van der Waals surface area contributed by atoms with Gasteiger partial charge in [0.25, 0.3) is 0 Å². The van der Waals surface area contributed by atoms with Crippen molar-refractivity contribution >= 4 is 37.1 Å². The molecule has 0 amide bonds. The monoisotopic (exact) mass is 520 g/mol. The van der Waals surface area contributed by atoms with Crippen LogP contribution in [0.25, 0.3) is 0 Å². The van der Waals surface area contributed by atoms with Crippen LogP contribution in [0.15, 0.2) is 121 Å². The summed E-state index contributed by atoms with van der Waals surface area (Å²) in [5.41, 5.74) is 1.34. The molecule has 2 fully saturated rings. The van der Waals surface area contributed by atoms with Gasteiger partial charge in [-0.05, 0) is 91.3 Å². The van der Waals surface area contributed by atoms with E-state index in [0.717, 1.165) is 23.7 Å². The van der Waals surface area contributed by atoms with Gasteiger partial charge in [-0.2, -0.15) is 0 Å². The number of hydrogen-bond donors (Lipinski definition) is 0. The van der Waals surface area contributed by atoms with Crippen LogP contribution in [0.4, 0.5) is 0 Å². The van der Waals surface area contributed by atoms with Gasteiger partial charge in [0.05, 0.1) is 0 Å². The molecule has 6 unspecified atom stereocenters. The van der Waals surface area contributed by atoms with Gasteiger partial charge in [0, 0.05) is 0 Å². The Morgan fingerprint density at radius 2 is 0.730 bits per heavy atom. The summed E-state index contributed by atoms with van der Waals surface area (Å²) in [7, 11) is -0.814. The number of benzene rings is 4. The highest BCUT2D eigenvalue weighted by Gasteiger charge is 2.53. The Morgan fingerprint density at radius 3 is 1.00 bits per heavy atom. The molecular formula is C35H38P2. The summed E-state index contributed by atoms with van der Waals surface area (Å²) in [4.78, 5) is 0. The van der Waals surface area contributed by atoms with Crippen molar-refractivity contribution in [3.63, 3.8) is 0 Å². The van der Waals surface area contributed by atoms with Gasteiger partial charge in [0.2, 0.25) is 0 Å². The maximum absolute atomic E-state index is 2.62. The molecule has 4 aromatic carbocycles. The van der Waals surface area contributed by atoms with Crippen LogP contribution in [0.3, 0.4) is 0 Å². The van der Waals surface area contributed by atoms with E-state index >= 15 is 0 Å². The fraction of sp³-hybridized carbons (Fsp3) is 0.314. The largest absolute Gasteiger partial charge is 0.0622 e. The van der Waals surface area contributed by atoms with E-state index in [1.807, 2.05) is 0 Å². The molecule has 2 aliphatic rings. The van der Waals surface area contributed by atoms with Crippen molar-refractivity contribution < 1.29 is 0 Å². The van der Waals surface area contributed by atoms with Crippen LogP contribution < -0.4 is 21.2 Å². The Bertz CT molecular complexity index is 1080. The number of hydrogen-bond acceptors (Lipinski definition) is 0. The first-order valence-electron chi connectivity index (χ1n) is 14.0. The molecule has 4 aromatic rings. The lowest BCUT2D eigenvalue weighted by Crippen LogP contribution is -2.40. The average Bonchev–Trinajstić information content (AvgIpc) is 3.58. The van der Waals surface area contributed by atoms with Crippen LogP contribution in [0, 0.1) is 23.7 Å². The van der Waals surface area contributed by atoms with Crippen LogP contribution in [0.5, 0.6) is 0 Å². The van der Waals surface area contributed by atoms with E-state index in [2.05, 4.69) is 135 Å². The van der Waals surface area contributed by atoms with Gasteiger partial charge in [0.15, 0.2) is 0 Å². The highest BCUT2D eigenvalue weighted by molar-refractivity contribution is 7.74. The Morgan fingerprint density at radius 1 is 0.459 bits per heavy atom. The molecule has 2 saturated carbocycles. The van der Waals surface area contributed by atoms with Crippen molar-refractivity contribution in [2.45, 2.75) is 44.4 Å². The van der Waals surface area contributed by atoms with Crippen LogP contribution in [-0.2, 0) is 0 Å². The summed E-state index contributed by atoms with van der Waals surface area (Å²) >= 11 is 0. The lowest BCUT2D eigenvalue weighted by molar-refractivity contribution is 0.217. The van der Waals surface area contributed by atoms with Crippen molar-refractivity contribution in [1.82, 2.24) is 0 Å². The van der Waals surface area contributed by atoms with E-state index in [1.54, 1.807) is 21.2 Å². The van der Waals surface area contributed by atoms with E-state index < -0.39 is 15.8 Å². The minimum atomic E-state index is -0.407. The van der Waals surface area contributed by atoms with Crippen molar-refractivity contribution in [3.8, 4) is 0 Å². The molecule has 0 aliphatic heterocycles. The molecule has 6 atom stereocenters. The fourth-order valence-corrected chi connectivity index (χ4v) is 13.8. The standard InChI is InChI=1S/C35H38P2/c1-26(36(30-15-7-3-8-16-30)31-17-9-4-10-18-31)34-28-23-24-29(25-28)35(34)27(2)37(32-19-11-5-12-20-32)33-21-13-6-14-22-33/h3-22,26-29,34-35H,23-25H2,1-2H3. The van der Waals surface area contributed by atoms with Crippen molar-refractivity contribution in [2.75, 3.05) is 0 Å². The zero-order valence-corrected chi connectivity index (χ0v) is 23.8. The topological polar surface area (TPSA) is 0 Å². The molecule has 0 nitrogen and oxygen atoms in total. The first-order valence-corrected chi connectivity index (χ1v) is 16.8. The maximum atomic E-state index is 2.62. The van der Waals surface area contributed by atoms with Gasteiger partial charge < -0.3 is 0 Å².